The second-order valence-electron chi connectivity index (χ2n) is 2.54. The van der Waals surface area contributed by atoms with Crippen LogP contribution in [0.25, 0.3) is 10.6 Å². The third-order valence-corrected chi connectivity index (χ3v) is 2.65. The highest BCUT2D eigenvalue weighted by Crippen LogP contribution is 2.22. The SMILES string of the molecule is N#Cc1ccc(-c2ncc[nH]c2=O)s1. The number of H-pyrrole nitrogens is 1. The van der Waals surface area contributed by atoms with Gasteiger partial charge in [0.2, 0.25) is 0 Å². The lowest BCUT2D eigenvalue weighted by molar-refractivity contribution is 1.15. The van der Waals surface area contributed by atoms with Gasteiger partial charge in [0, 0.05) is 12.4 Å². The molecule has 0 aliphatic heterocycles. The lowest BCUT2D eigenvalue weighted by Crippen LogP contribution is -2.08. The molecule has 2 aromatic rings. The number of hydrogen-bond donors (Lipinski definition) is 1. The lowest BCUT2D eigenvalue weighted by Gasteiger charge is -1.91. The summed E-state index contributed by atoms with van der Waals surface area (Å²) in [6.45, 7) is 0. The first kappa shape index (κ1) is 8.66. The van der Waals surface area contributed by atoms with Crippen molar-refractivity contribution in [2.24, 2.45) is 0 Å². The maximum Gasteiger partial charge on any atom is 0.275 e. The fourth-order valence-corrected chi connectivity index (χ4v) is 1.85. The molecule has 0 radical (unpaired) electrons. The number of nitrogens with zero attached hydrogens (tertiary/aromatic N) is 2. The Morgan fingerprint density at radius 1 is 1.50 bits per heavy atom. The van der Waals surface area contributed by atoms with Crippen LogP contribution in [0.3, 0.4) is 0 Å². The highest BCUT2D eigenvalue weighted by molar-refractivity contribution is 7.15. The standard InChI is InChI=1S/C9H5N3OS/c10-5-6-1-2-7(14-6)8-9(13)12-4-3-11-8/h1-4H,(H,12,13). The molecule has 5 heteroatoms. The van der Waals surface area contributed by atoms with Crippen LogP contribution >= 0.6 is 11.3 Å². The summed E-state index contributed by atoms with van der Waals surface area (Å²) in [6.07, 6.45) is 2.99. The molecule has 1 N–H and O–H groups in total. The van der Waals surface area contributed by atoms with Gasteiger partial charge in [-0.15, -0.1) is 11.3 Å². The fraction of sp³-hybridized carbons (Fsp3) is 0. The quantitative estimate of drug-likeness (QED) is 0.761. The van der Waals surface area contributed by atoms with Crippen LogP contribution in [0.1, 0.15) is 4.88 Å². The first-order valence-corrected chi connectivity index (χ1v) is 4.67. The van der Waals surface area contributed by atoms with Gasteiger partial charge in [0.15, 0.2) is 0 Å². The zero-order valence-corrected chi connectivity index (χ0v) is 7.84. The molecule has 0 aromatic carbocycles. The van der Waals surface area contributed by atoms with E-state index in [1.807, 2.05) is 6.07 Å². The van der Waals surface area contributed by atoms with Gasteiger partial charge in [0.05, 0.1) is 4.88 Å². The molecule has 0 aliphatic rings. The van der Waals surface area contributed by atoms with Gasteiger partial charge in [-0.2, -0.15) is 5.26 Å². The molecule has 0 atom stereocenters. The summed E-state index contributed by atoms with van der Waals surface area (Å²) in [5.41, 5.74) is 0.123. The van der Waals surface area contributed by atoms with E-state index in [4.69, 9.17) is 5.26 Å². The number of hydrogen-bond acceptors (Lipinski definition) is 4. The normalized spacial score (nSPS) is 9.64. The minimum Gasteiger partial charge on any atom is -0.326 e. The van der Waals surface area contributed by atoms with Crippen LogP contribution in [0.15, 0.2) is 29.3 Å². The van der Waals surface area contributed by atoms with E-state index >= 15 is 0 Å². The van der Waals surface area contributed by atoms with Crippen LogP contribution < -0.4 is 5.56 Å². The molecule has 0 bridgehead atoms. The Balaban J connectivity index is 2.56. The fourth-order valence-electron chi connectivity index (χ4n) is 1.05. The third kappa shape index (κ3) is 1.43. The number of rotatable bonds is 1. The van der Waals surface area contributed by atoms with E-state index in [0.717, 1.165) is 0 Å². The molecule has 2 heterocycles. The van der Waals surface area contributed by atoms with Gasteiger partial charge in [-0.1, -0.05) is 0 Å². The van der Waals surface area contributed by atoms with Crippen LogP contribution in [0, 0.1) is 11.3 Å². The Hall–Kier alpha value is -1.93. The predicted molar refractivity (Wildman–Crippen MR) is 52.9 cm³/mol. The molecule has 2 rings (SSSR count). The van der Waals surface area contributed by atoms with Crippen molar-refractivity contribution in [3.8, 4) is 16.6 Å². The van der Waals surface area contributed by atoms with E-state index in [2.05, 4.69) is 9.97 Å². The molecule has 0 unspecified atom stereocenters. The van der Waals surface area contributed by atoms with Crippen molar-refractivity contribution in [1.29, 1.82) is 5.26 Å². The molecule has 4 nitrogen and oxygen atoms in total. The van der Waals surface area contributed by atoms with E-state index in [-0.39, 0.29) is 5.56 Å². The lowest BCUT2D eigenvalue weighted by atomic mass is 10.3. The highest BCUT2D eigenvalue weighted by atomic mass is 32.1. The molecule has 0 spiro atoms. The first-order chi connectivity index (χ1) is 6.81. The third-order valence-electron chi connectivity index (χ3n) is 1.66. The summed E-state index contributed by atoms with van der Waals surface area (Å²) in [7, 11) is 0. The van der Waals surface area contributed by atoms with Crippen molar-refractivity contribution in [1.82, 2.24) is 9.97 Å². The second kappa shape index (κ2) is 3.44. The van der Waals surface area contributed by atoms with Crippen LogP contribution in [0.2, 0.25) is 0 Å². The van der Waals surface area contributed by atoms with Gasteiger partial charge < -0.3 is 4.98 Å². The Kier molecular flexibility index (Phi) is 2.13. The minimum atomic E-state index is -0.237. The van der Waals surface area contributed by atoms with Gasteiger partial charge in [-0.25, -0.2) is 4.98 Å². The molecular weight excluding hydrogens is 198 g/mol. The van der Waals surface area contributed by atoms with Gasteiger partial charge in [-0.05, 0) is 12.1 Å². The molecule has 0 saturated heterocycles. The number of nitriles is 1. The van der Waals surface area contributed by atoms with Crippen molar-refractivity contribution in [2.75, 3.05) is 0 Å². The van der Waals surface area contributed by atoms with E-state index < -0.39 is 0 Å². The van der Waals surface area contributed by atoms with Gasteiger partial charge >= 0.3 is 0 Å². The summed E-state index contributed by atoms with van der Waals surface area (Å²) in [4.78, 5) is 19.1. The van der Waals surface area contributed by atoms with Gasteiger partial charge in [0.1, 0.15) is 16.6 Å². The average Bonchev–Trinajstić information content (AvgIpc) is 2.67. The summed E-state index contributed by atoms with van der Waals surface area (Å²) in [6, 6.07) is 5.41. The molecule has 0 saturated carbocycles. The predicted octanol–water partition coefficient (Wildman–Crippen LogP) is 1.37. The average molecular weight is 203 g/mol. The summed E-state index contributed by atoms with van der Waals surface area (Å²) in [5.74, 6) is 0. The van der Waals surface area contributed by atoms with E-state index in [1.165, 1.54) is 23.7 Å². The zero-order valence-electron chi connectivity index (χ0n) is 7.02. The van der Waals surface area contributed by atoms with Crippen LogP contribution in [-0.4, -0.2) is 9.97 Å². The van der Waals surface area contributed by atoms with E-state index in [9.17, 15) is 4.79 Å². The topological polar surface area (TPSA) is 69.5 Å². The molecule has 0 amide bonds. The van der Waals surface area contributed by atoms with E-state index in [1.54, 1.807) is 12.1 Å². The Morgan fingerprint density at radius 2 is 2.36 bits per heavy atom. The van der Waals surface area contributed by atoms with Crippen LogP contribution in [0.5, 0.6) is 0 Å². The van der Waals surface area contributed by atoms with Crippen LogP contribution in [0.4, 0.5) is 0 Å². The van der Waals surface area contributed by atoms with Gasteiger partial charge in [0.25, 0.3) is 5.56 Å². The Bertz CT molecular complexity index is 549. The maximum absolute atomic E-state index is 11.3. The molecule has 14 heavy (non-hydrogen) atoms. The first-order valence-electron chi connectivity index (χ1n) is 3.85. The number of thiophene rings is 1. The largest absolute Gasteiger partial charge is 0.326 e. The van der Waals surface area contributed by atoms with Crippen molar-refractivity contribution in [2.45, 2.75) is 0 Å². The summed E-state index contributed by atoms with van der Waals surface area (Å²) < 4.78 is 0. The Labute approximate surface area is 83.5 Å². The van der Waals surface area contributed by atoms with E-state index in [0.29, 0.717) is 15.4 Å². The monoisotopic (exact) mass is 203 g/mol. The number of aromatic amines is 1. The van der Waals surface area contributed by atoms with Crippen molar-refractivity contribution in [3.63, 3.8) is 0 Å². The summed E-state index contributed by atoms with van der Waals surface area (Å²) in [5, 5.41) is 8.62. The molecule has 0 aliphatic carbocycles. The van der Waals surface area contributed by atoms with Crippen molar-refractivity contribution < 1.29 is 0 Å². The molecule has 0 fully saturated rings. The number of aromatic nitrogens is 2. The maximum atomic E-state index is 11.3. The highest BCUT2D eigenvalue weighted by Gasteiger charge is 2.06. The summed E-state index contributed by atoms with van der Waals surface area (Å²) >= 11 is 1.26. The zero-order chi connectivity index (χ0) is 9.97. The van der Waals surface area contributed by atoms with Crippen molar-refractivity contribution >= 4 is 11.3 Å². The van der Waals surface area contributed by atoms with Crippen molar-refractivity contribution in [3.05, 3.63) is 39.8 Å². The molecular formula is C9H5N3OS. The molecule has 68 valence electrons. The van der Waals surface area contributed by atoms with Gasteiger partial charge in [-0.3, -0.25) is 4.79 Å². The Morgan fingerprint density at radius 3 is 3.00 bits per heavy atom. The second-order valence-corrected chi connectivity index (χ2v) is 3.63. The number of nitrogens with one attached hydrogen (secondary N) is 1. The molecule has 2 aromatic heterocycles. The smallest absolute Gasteiger partial charge is 0.275 e. The minimum absolute atomic E-state index is 0.237. The van der Waals surface area contributed by atoms with Crippen LogP contribution in [-0.2, 0) is 0 Å².